The Morgan fingerprint density at radius 1 is 0.969 bits per heavy atom. The van der Waals surface area contributed by atoms with Crippen LogP contribution in [-0.4, -0.2) is 22.8 Å². The van der Waals surface area contributed by atoms with Crippen LogP contribution < -0.4 is 10.1 Å². The van der Waals surface area contributed by atoms with Gasteiger partial charge in [-0.2, -0.15) is 0 Å². The maximum absolute atomic E-state index is 13.4. The molecule has 4 nitrogen and oxygen atoms in total. The number of aryl methyl sites for hydroxylation is 1. The van der Waals surface area contributed by atoms with Crippen LogP contribution in [0.4, 0.5) is 0 Å². The number of ketones is 1. The lowest BCUT2D eigenvalue weighted by atomic mass is 9.89. The first-order chi connectivity index (χ1) is 15.4. The Labute approximate surface area is 194 Å². The largest absolute Gasteiger partial charge is 0.489 e. The number of carbonyl (C=O) groups excluding carboxylic acids is 1. The highest BCUT2D eigenvalue weighted by atomic mass is 32.1. The molecule has 1 unspecified atom stereocenters. The normalized spacial score (nSPS) is 16.0. The molecule has 0 aliphatic carbocycles. The summed E-state index contributed by atoms with van der Waals surface area (Å²) < 4.78 is 5.94. The zero-order valence-corrected chi connectivity index (χ0v) is 19.3. The fourth-order valence-corrected chi connectivity index (χ4v) is 3.99. The molecule has 162 valence electrons. The van der Waals surface area contributed by atoms with Crippen molar-refractivity contribution in [3.05, 3.63) is 112 Å². The van der Waals surface area contributed by atoms with Crippen molar-refractivity contribution in [1.82, 2.24) is 10.2 Å². The molecule has 0 saturated heterocycles. The van der Waals surface area contributed by atoms with E-state index in [0.29, 0.717) is 22.9 Å². The van der Waals surface area contributed by atoms with Crippen molar-refractivity contribution >= 4 is 23.1 Å². The lowest BCUT2D eigenvalue weighted by Crippen LogP contribution is -2.45. The number of nitrogens with one attached hydrogen (secondary N) is 1. The number of thiocarbonyl (C=S) groups is 1. The lowest BCUT2D eigenvalue weighted by Gasteiger charge is -2.36. The van der Waals surface area contributed by atoms with E-state index in [4.69, 9.17) is 17.0 Å². The molecule has 3 aromatic rings. The Morgan fingerprint density at radius 2 is 1.62 bits per heavy atom. The topological polar surface area (TPSA) is 41.6 Å². The van der Waals surface area contributed by atoms with Gasteiger partial charge in [-0.25, -0.2) is 0 Å². The highest BCUT2D eigenvalue weighted by Crippen LogP contribution is 2.33. The van der Waals surface area contributed by atoms with Crippen molar-refractivity contribution < 1.29 is 9.53 Å². The van der Waals surface area contributed by atoms with Gasteiger partial charge in [0.1, 0.15) is 12.4 Å². The molecule has 5 heteroatoms. The molecule has 4 rings (SSSR count). The molecule has 0 bridgehead atoms. The molecule has 1 N–H and O–H groups in total. The van der Waals surface area contributed by atoms with Gasteiger partial charge in [-0.1, -0.05) is 72.3 Å². The minimum absolute atomic E-state index is 0.00496. The summed E-state index contributed by atoms with van der Waals surface area (Å²) in [6.07, 6.45) is 0. The van der Waals surface area contributed by atoms with Crippen molar-refractivity contribution in [1.29, 1.82) is 0 Å². The predicted molar refractivity (Wildman–Crippen MR) is 132 cm³/mol. The number of Topliss-reactive ketones (excluding diaryl/α,β-unsaturated/α-hetero) is 1. The first-order valence-corrected chi connectivity index (χ1v) is 11.0. The Balaban J connectivity index is 1.58. The van der Waals surface area contributed by atoms with E-state index in [1.807, 2.05) is 73.5 Å². The van der Waals surface area contributed by atoms with Gasteiger partial charge in [-0.05, 0) is 49.3 Å². The van der Waals surface area contributed by atoms with Gasteiger partial charge in [0, 0.05) is 23.9 Å². The maximum atomic E-state index is 13.4. The molecule has 0 spiro atoms. The number of nitrogens with zero attached hydrogens (tertiary/aromatic N) is 1. The Kier molecular flexibility index (Phi) is 6.37. The molecular weight excluding hydrogens is 416 g/mol. The summed E-state index contributed by atoms with van der Waals surface area (Å²) in [4.78, 5) is 15.3. The highest BCUT2D eigenvalue weighted by molar-refractivity contribution is 7.80. The average molecular weight is 443 g/mol. The van der Waals surface area contributed by atoms with Crippen LogP contribution in [0.1, 0.15) is 40.0 Å². The maximum Gasteiger partial charge on any atom is 0.193 e. The predicted octanol–water partition coefficient (Wildman–Crippen LogP) is 5.59. The fourth-order valence-electron chi connectivity index (χ4n) is 3.73. The number of ether oxygens (including phenoxy) is 1. The van der Waals surface area contributed by atoms with E-state index in [1.165, 1.54) is 5.56 Å². The van der Waals surface area contributed by atoms with Crippen LogP contribution >= 0.6 is 12.2 Å². The van der Waals surface area contributed by atoms with Crippen LogP contribution in [0, 0.1) is 6.92 Å². The van der Waals surface area contributed by atoms with Crippen molar-refractivity contribution in [3.8, 4) is 5.75 Å². The van der Waals surface area contributed by atoms with Crippen molar-refractivity contribution in [2.75, 3.05) is 7.05 Å². The zero-order chi connectivity index (χ0) is 22.7. The van der Waals surface area contributed by atoms with E-state index in [0.717, 1.165) is 22.6 Å². The van der Waals surface area contributed by atoms with Crippen LogP contribution in [-0.2, 0) is 6.61 Å². The monoisotopic (exact) mass is 442 g/mol. The summed E-state index contributed by atoms with van der Waals surface area (Å²) in [6, 6.07) is 25.2. The average Bonchev–Trinajstić information content (AvgIpc) is 2.82. The second kappa shape index (κ2) is 9.37. The van der Waals surface area contributed by atoms with Crippen LogP contribution in [0.2, 0.25) is 0 Å². The fraction of sp³-hybridized carbons (Fsp3) is 0.185. The van der Waals surface area contributed by atoms with Crippen LogP contribution in [0.25, 0.3) is 0 Å². The van der Waals surface area contributed by atoms with E-state index < -0.39 is 0 Å². The molecule has 0 fully saturated rings. The van der Waals surface area contributed by atoms with Crippen molar-refractivity contribution in [2.24, 2.45) is 0 Å². The van der Waals surface area contributed by atoms with Gasteiger partial charge in [-0.3, -0.25) is 4.79 Å². The highest BCUT2D eigenvalue weighted by Gasteiger charge is 2.32. The van der Waals surface area contributed by atoms with E-state index in [1.54, 1.807) is 0 Å². The summed E-state index contributed by atoms with van der Waals surface area (Å²) >= 11 is 5.51. The summed E-state index contributed by atoms with van der Waals surface area (Å²) in [5.41, 5.74) is 5.52. The Hall–Kier alpha value is -3.44. The number of allylic oxidation sites excluding steroid dienone is 1. The second-order valence-corrected chi connectivity index (χ2v) is 8.37. The molecule has 1 aliphatic heterocycles. The van der Waals surface area contributed by atoms with Crippen molar-refractivity contribution in [3.63, 3.8) is 0 Å². The van der Waals surface area contributed by atoms with Gasteiger partial charge >= 0.3 is 0 Å². The summed E-state index contributed by atoms with van der Waals surface area (Å²) in [6.45, 7) is 4.52. The number of carbonyl (C=O) groups is 1. The quantitative estimate of drug-likeness (QED) is 0.398. The number of benzene rings is 3. The number of hydrogen-bond acceptors (Lipinski definition) is 3. The van der Waals surface area contributed by atoms with Gasteiger partial charge in [0.2, 0.25) is 0 Å². The smallest absolute Gasteiger partial charge is 0.193 e. The van der Waals surface area contributed by atoms with E-state index in [-0.39, 0.29) is 11.8 Å². The Bertz CT molecular complexity index is 1150. The molecular formula is C27H26N2O2S. The lowest BCUT2D eigenvalue weighted by molar-refractivity contribution is 0.102. The summed E-state index contributed by atoms with van der Waals surface area (Å²) in [5.74, 6) is 0.774. The molecule has 0 amide bonds. The summed E-state index contributed by atoms with van der Waals surface area (Å²) in [5, 5.41) is 3.93. The second-order valence-electron chi connectivity index (χ2n) is 7.98. The number of rotatable bonds is 6. The zero-order valence-electron chi connectivity index (χ0n) is 18.5. The van der Waals surface area contributed by atoms with Crippen LogP contribution in [0.3, 0.4) is 0 Å². The molecule has 1 aliphatic rings. The minimum Gasteiger partial charge on any atom is -0.489 e. The molecule has 3 aromatic carbocycles. The Morgan fingerprint density at radius 3 is 2.28 bits per heavy atom. The van der Waals surface area contributed by atoms with Gasteiger partial charge in [-0.15, -0.1) is 0 Å². The van der Waals surface area contributed by atoms with Crippen molar-refractivity contribution in [2.45, 2.75) is 26.5 Å². The van der Waals surface area contributed by atoms with Gasteiger partial charge in [0.15, 0.2) is 10.9 Å². The first-order valence-electron chi connectivity index (χ1n) is 10.6. The molecule has 1 atom stereocenters. The standard InChI is InChI=1S/C27H26N2O2S/c1-18-9-11-20(12-10-18)17-31-23-15-13-21(14-16-23)25-24(19(2)29(3)27(32)28-25)26(30)22-7-5-4-6-8-22/h4-16,25H,17H2,1-3H3,(H,28,32). The number of hydrogen-bond donors (Lipinski definition) is 1. The van der Waals surface area contributed by atoms with E-state index in [2.05, 4.69) is 36.5 Å². The first kappa shape index (κ1) is 21.8. The molecule has 32 heavy (non-hydrogen) atoms. The molecule has 1 heterocycles. The third kappa shape index (κ3) is 4.58. The van der Waals surface area contributed by atoms with Gasteiger partial charge in [0.05, 0.1) is 6.04 Å². The van der Waals surface area contributed by atoms with E-state index in [9.17, 15) is 4.79 Å². The molecule has 0 saturated carbocycles. The third-order valence-electron chi connectivity index (χ3n) is 5.77. The third-order valence-corrected chi connectivity index (χ3v) is 6.17. The minimum atomic E-state index is -0.322. The van der Waals surface area contributed by atoms with Gasteiger partial charge in [0.25, 0.3) is 0 Å². The van der Waals surface area contributed by atoms with Crippen LogP contribution in [0.5, 0.6) is 5.75 Å². The SMILES string of the molecule is CC1=C(C(=O)c2ccccc2)C(c2ccc(OCc3ccc(C)cc3)cc2)NC(=S)N1C. The summed E-state index contributed by atoms with van der Waals surface area (Å²) in [7, 11) is 1.88. The molecule has 0 aromatic heterocycles. The van der Waals surface area contributed by atoms with Gasteiger partial charge < -0.3 is 15.0 Å². The van der Waals surface area contributed by atoms with Crippen LogP contribution in [0.15, 0.2) is 90.1 Å². The molecule has 0 radical (unpaired) electrons. The van der Waals surface area contributed by atoms with E-state index >= 15 is 0 Å².